The maximum Gasteiger partial charge on any atom is 0.257 e. The van der Waals surface area contributed by atoms with Crippen LogP contribution in [-0.2, 0) is 4.79 Å². The van der Waals surface area contributed by atoms with Crippen molar-refractivity contribution in [3.63, 3.8) is 0 Å². The van der Waals surface area contributed by atoms with Gasteiger partial charge < -0.3 is 0 Å². The molecule has 78 valence electrons. The van der Waals surface area contributed by atoms with Gasteiger partial charge in [-0.3, -0.25) is 10.2 Å². The fourth-order valence-electron chi connectivity index (χ4n) is 1.21. The number of hydrazine groups is 1. The van der Waals surface area contributed by atoms with Crippen LogP contribution in [0.25, 0.3) is 0 Å². The molecule has 1 fully saturated rings. The van der Waals surface area contributed by atoms with Crippen molar-refractivity contribution in [2.24, 2.45) is 0 Å². The summed E-state index contributed by atoms with van der Waals surface area (Å²) in [6.45, 7) is 5.33. The van der Waals surface area contributed by atoms with Crippen LogP contribution in [0.15, 0.2) is 12.7 Å². The Balaban J connectivity index is 0.000000500. The average molecular weight is 213 g/mol. The summed E-state index contributed by atoms with van der Waals surface area (Å²) < 4.78 is 0. The molecule has 0 aromatic carbocycles. The Morgan fingerprint density at radius 1 is 1.50 bits per heavy atom. The number of nitrogens with one attached hydrogen (secondary N) is 1. The van der Waals surface area contributed by atoms with Gasteiger partial charge in [0.2, 0.25) is 0 Å². The predicted molar refractivity (Wildman–Crippen MR) is 58.4 cm³/mol. The SMILES string of the molecule is C=CC(=O)NN1CCCCC1.N#CS. The quantitative estimate of drug-likeness (QED) is 0.410. The molecular formula is C9H15N3OS. The highest BCUT2D eigenvalue weighted by molar-refractivity contribution is 7.85. The highest BCUT2D eigenvalue weighted by Crippen LogP contribution is 2.05. The number of nitriles is 1. The lowest BCUT2D eigenvalue weighted by molar-refractivity contribution is -0.121. The molecule has 0 saturated carbocycles. The molecule has 0 aromatic heterocycles. The van der Waals surface area contributed by atoms with Crippen molar-refractivity contribution in [1.82, 2.24) is 10.4 Å². The van der Waals surface area contributed by atoms with Gasteiger partial charge >= 0.3 is 0 Å². The number of amides is 1. The molecule has 0 bridgehead atoms. The van der Waals surface area contributed by atoms with E-state index in [1.807, 2.05) is 5.01 Å². The first-order valence-electron chi connectivity index (χ1n) is 4.45. The van der Waals surface area contributed by atoms with Crippen LogP contribution in [-0.4, -0.2) is 24.0 Å². The van der Waals surface area contributed by atoms with Crippen molar-refractivity contribution in [2.75, 3.05) is 13.1 Å². The largest absolute Gasteiger partial charge is 0.285 e. The zero-order valence-corrected chi connectivity index (χ0v) is 8.96. The molecular weight excluding hydrogens is 198 g/mol. The van der Waals surface area contributed by atoms with Crippen LogP contribution in [0.1, 0.15) is 19.3 Å². The summed E-state index contributed by atoms with van der Waals surface area (Å²) in [5.41, 5.74) is 2.74. The average Bonchev–Trinajstić information content (AvgIpc) is 2.20. The van der Waals surface area contributed by atoms with E-state index in [1.165, 1.54) is 30.7 Å². The third-order valence-electron chi connectivity index (χ3n) is 1.81. The minimum atomic E-state index is -0.105. The number of nitrogens with zero attached hydrogens (tertiary/aromatic N) is 2. The molecule has 1 N–H and O–H groups in total. The molecule has 0 atom stereocenters. The van der Waals surface area contributed by atoms with Gasteiger partial charge in [-0.15, -0.1) is 0 Å². The number of thiol groups is 1. The minimum Gasteiger partial charge on any atom is -0.285 e. The number of carbonyl (C=O) groups is 1. The Labute approximate surface area is 90.0 Å². The Bertz CT molecular complexity index is 219. The van der Waals surface area contributed by atoms with Gasteiger partial charge in [0.15, 0.2) is 0 Å². The van der Waals surface area contributed by atoms with Gasteiger partial charge in [-0.2, -0.15) is 5.26 Å². The van der Waals surface area contributed by atoms with E-state index in [0.29, 0.717) is 0 Å². The zero-order chi connectivity index (χ0) is 10.8. The maximum atomic E-state index is 10.8. The Kier molecular flexibility index (Phi) is 7.99. The second-order valence-corrected chi connectivity index (χ2v) is 3.03. The van der Waals surface area contributed by atoms with E-state index in [2.05, 4.69) is 24.6 Å². The topological polar surface area (TPSA) is 56.1 Å². The summed E-state index contributed by atoms with van der Waals surface area (Å²) in [5.74, 6) is -0.105. The standard InChI is InChI=1S/C8H14N2O.CHNS/c1-2-8(11)9-10-6-4-3-5-7-10;2-1-3/h2H,1,3-7H2,(H,9,11);3H. The summed E-state index contributed by atoms with van der Waals surface area (Å²) in [6, 6.07) is 0. The van der Waals surface area contributed by atoms with Gasteiger partial charge in [0.25, 0.3) is 5.91 Å². The first kappa shape index (κ1) is 13.0. The lowest BCUT2D eigenvalue weighted by Crippen LogP contribution is -2.44. The predicted octanol–water partition coefficient (Wildman–Crippen LogP) is 1.09. The summed E-state index contributed by atoms with van der Waals surface area (Å²) in [5, 5.41) is 10.6. The van der Waals surface area contributed by atoms with Gasteiger partial charge in [0.1, 0.15) is 5.40 Å². The van der Waals surface area contributed by atoms with Crippen molar-refractivity contribution in [1.29, 1.82) is 5.26 Å². The summed E-state index contributed by atoms with van der Waals surface area (Å²) >= 11 is 3.09. The van der Waals surface area contributed by atoms with Gasteiger partial charge in [-0.1, -0.05) is 25.6 Å². The Morgan fingerprint density at radius 2 is 2.00 bits per heavy atom. The van der Waals surface area contributed by atoms with Crippen molar-refractivity contribution in [3.05, 3.63) is 12.7 Å². The highest BCUT2D eigenvalue weighted by Gasteiger charge is 2.10. The van der Waals surface area contributed by atoms with E-state index in [9.17, 15) is 4.79 Å². The number of hydrogen-bond acceptors (Lipinski definition) is 4. The second kappa shape index (κ2) is 8.60. The molecule has 5 heteroatoms. The third-order valence-corrected chi connectivity index (χ3v) is 1.81. The Hall–Kier alpha value is -0.990. The second-order valence-electron chi connectivity index (χ2n) is 2.83. The molecule has 0 spiro atoms. The number of hydrogen-bond donors (Lipinski definition) is 2. The molecule has 1 aliphatic rings. The molecule has 14 heavy (non-hydrogen) atoms. The molecule has 1 aliphatic heterocycles. The van der Waals surface area contributed by atoms with Crippen molar-refractivity contribution in [2.45, 2.75) is 19.3 Å². The maximum absolute atomic E-state index is 10.8. The normalized spacial score (nSPS) is 15.7. The summed E-state index contributed by atoms with van der Waals surface area (Å²) in [7, 11) is 0. The molecule has 0 unspecified atom stereocenters. The van der Waals surface area contributed by atoms with Crippen LogP contribution in [0.2, 0.25) is 0 Å². The van der Waals surface area contributed by atoms with E-state index in [-0.39, 0.29) is 5.91 Å². The highest BCUT2D eigenvalue weighted by atomic mass is 32.1. The van der Waals surface area contributed by atoms with Crippen LogP contribution >= 0.6 is 12.6 Å². The van der Waals surface area contributed by atoms with Gasteiger partial charge in [0.05, 0.1) is 0 Å². The molecule has 0 aromatic rings. The lowest BCUT2D eigenvalue weighted by Gasteiger charge is -2.26. The molecule has 4 nitrogen and oxygen atoms in total. The van der Waals surface area contributed by atoms with Crippen LogP contribution in [0.4, 0.5) is 0 Å². The summed E-state index contributed by atoms with van der Waals surface area (Å²) in [4.78, 5) is 10.8. The summed E-state index contributed by atoms with van der Waals surface area (Å²) in [6.07, 6.45) is 4.93. The van der Waals surface area contributed by atoms with E-state index < -0.39 is 0 Å². The van der Waals surface area contributed by atoms with Gasteiger partial charge in [-0.25, -0.2) is 5.01 Å². The van der Waals surface area contributed by atoms with Crippen LogP contribution < -0.4 is 5.43 Å². The van der Waals surface area contributed by atoms with Crippen molar-refractivity contribution >= 4 is 18.5 Å². The smallest absolute Gasteiger partial charge is 0.257 e. The van der Waals surface area contributed by atoms with Crippen LogP contribution in [0, 0.1) is 10.7 Å². The van der Waals surface area contributed by atoms with Gasteiger partial charge in [0, 0.05) is 13.1 Å². The molecule has 1 rings (SSSR count). The van der Waals surface area contributed by atoms with E-state index in [1.54, 1.807) is 0 Å². The molecule has 1 heterocycles. The minimum absolute atomic E-state index is 0.105. The molecule has 0 radical (unpaired) electrons. The third kappa shape index (κ3) is 6.52. The fraction of sp³-hybridized carbons (Fsp3) is 0.556. The van der Waals surface area contributed by atoms with Gasteiger partial charge in [-0.05, 0) is 18.9 Å². The van der Waals surface area contributed by atoms with E-state index in [4.69, 9.17) is 5.26 Å². The molecule has 0 aliphatic carbocycles. The molecule has 1 saturated heterocycles. The van der Waals surface area contributed by atoms with Crippen molar-refractivity contribution in [3.8, 4) is 5.40 Å². The first-order chi connectivity index (χ1) is 6.74. The van der Waals surface area contributed by atoms with E-state index in [0.717, 1.165) is 13.1 Å². The fourth-order valence-corrected chi connectivity index (χ4v) is 1.21. The molecule has 1 amide bonds. The zero-order valence-electron chi connectivity index (χ0n) is 8.07. The monoisotopic (exact) mass is 213 g/mol. The van der Waals surface area contributed by atoms with E-state index >= 15 is 0 Å². The Morgan fingerprint density at radius 3 is 2.43 bits per heavy atom. The number of carbonyl (C=O) groups excluding carboxylic acids is 1. The van der Waals surface area contributed by atoms with Crippen LogP contribution in [0.5, 0.6) is 0 Å². The number of piperidine rings is 1. The van der Waals surface area contributed by atoms with Crippen molar-refractivity contribution < 1.29 is 4.79 Å². The van der Waals surface area contributed by atoms with Crippen LogP contribution in [0.3, 0.4) is 0 Å². The number of rotatable bonds is 2. The first-order valence-corrected chi connectivity index (χ1v) is 4.90. The number of thiocyanates is 1. The lowest BCUT2D eigenvalue weighted by atomic mass is 10.2.